The summed E-state index contributed by atoms with van der Waals surface area (Å²) in [4.78, 5) is 9.81. The molecular weight excluding hydrogens is 315 g/mol. The van der Waals surface area contributed by atoms with Gasteiger partial charge in [0.15, 0.2) is 0 Å². The number of hydrogen-bond acceptors (Lipinski definition) is 4. The highest BCUT2D eigenvalue weighted by Gasteiger charge is 2.38. The summed E-state index contributed by atoms with van der Waals surface area (Å²) in [6.07, 6.45) is -4.88. The van der Waals surface area contributed by atoms with Crippen molar-refractivity contribution in [3.05, 3.63) is 29.8 Å². The van der Waals surface area contributed by atoms with Crippen LogP contribution >= 0.6 is 0 Å². The van der Waals surface area contributed by atoms with Crippen LogP contribution in [0.15, 0.2) is 29.2 Å². The Balaban J connectivity index is 3.23. The number of carboxylic acids is 1. The maximum atomic E-state index is 12.8. The van der Waals surface area contributed by atoms with Crippen molar-refractivity contribution in [3.8, 4) is 0 Å². The van der Waals surface area contributed by atoms with Crippen LogP contribution in [0.2, 0.25) is 0 Å². The summed E-state index contributed by atoms with van der Waals surface area (Å²) in [7, 11) is -3.54. The predicted molar refractivity (Wildman–Crippen MR) is 65.1 cm³/mol. The molecule has 1 atom stereocenters. The zero-order valence-electron chi connectivity index (χ0n) is 10.7. The molecule has 0 aromatic heterocycles. The summed E-state index contributed by atoms with van der Waals surface area (Å²) in [5.74, 6) is -1.56. The van der Waals surface area contributed by atoms with Gasteiger partial charge in [-0.3, -0.25) is 4.79 Å². The molecule has 0 bridgehead atoms. The van der Waals surface area contributed by atoms with Crippen molar-refractivity contribution in [3.63, 3.8) is 0 Å². The first kappa shape index (κ1) is 17.4. The van der Waals surface area contributed by atoms with Gasteiger partial charge in [0.1, 0.15) is 6.04 Å². The number of alkyl halides is 3. The second-order valence-electron chi connectivity index (χ2n) is 3.96. The molecule has 0 saturated carbocycles. The summed E-state index contributed by atoms with van der Waals surface area (Å²) in [5.41, 5.74) is -1.38. The molecule has 0 radical (unpaired) electrons. The van der Waals surface area contributed by atoms with Crippen LogP contribution in [0.1, 0.15) is 5.56 Å². The molecule has 0 saturated heterocycles. The Morgan fingerprint density at radius 2 is 1.95 bits per heavy atom. The van der Waals surface area contributed by atoms with Gasteiger partial charge in [-0.15, -0.1) is 0 Å². The summed E-state index contributed by atoms with van der Waals surface area (Å²) < 4.78 is 68.5. The van der Waals surface area contributed by atoms with Crippen molar-refractivity contribution in [1.29, 1.82) is 0 Å². The molecule has 0 aliphatic heterocycles. The van der Waals surface area contributed by atoms with E-state index in [2.05, 4.69) is 4.74 Å². The molecule has 6 nitrogen and oxygen atoms in total. The van der Waals surface area contributed by atoms with E-state index in [9.17, 15) is 26.4 Å². The Kier molecular flexibility index (Phi) is 5.31. The average molecular weight is 327 g/mol. The fraction of sp³-hybridized carbons (Fsp3) is 0.364. The number of benzene rings is 1. The van der Waals surface area contributed by atoms with Crippen LogP contribution in [0, 0.1) is 0 Å². The lowest BCUT2D eigenvalue weighted by molar-refractivity contribution is -0.140. The molecule has 0 spiro atoms. The Morgan fingerprint density at radius 1 is 1.38 bits per heavy atom. The minimum Gasteiger partial charge on any atom is -0.480 e. The minimum atomic E-state index is -4.88. The number of halogens is 3. The summed E-state index contributed by atoms with van der Waals surface area (Å²) in [5, 5.41) is 8.81. The van der Waals surface area contributed by atoms with Gasteiger partial charge in [0.05, 0.1) is 17.1 Å². The normalized spacial score (nSPS) is 13.9. The maximum Gasteiger partial charge on any atom is 0.417 e. The quantitative estimate of drug-likeness (QED) is 0.816. The third kappa shape index (κ3) is 4.41. The first-order valence-corrected chi connectivity index (χ1v) is 6.98. The second kappa shape index (κ2) is 6.41. The third-order valence-electron chi connectivity index (χ3n) is 2.41. The van der Waals surface area contributed by atoms with E-state index in [1.165, 1.54) is 0 Å². The van der Waals surface area contributed by atoms with Gasteiger partial charge < -0.3 is 9.84 Å². The van der Waals surface area contributed by atoms with Crippen LogP contribution in [0.4, 0.5) is 13.2 Å². The van der Waals surface area contributed by atoms with Crippen LogP contribution in [-0.4, -0.2) is 39.3 Å². The lowest BCUT2D eigenvalue weighted by Crippen LogP contribution is -2.44. The average Bonchev–Trinajstić information content (AvgIpc) is 2.37. The van der Waals surface area contributed by atoms with Crippen LogP contribution in [0.5, 0.6) is 0 Å². The topological polar surface area (TPSA) is 92.7 Å². The third-order valence-corrected chi connectivity index (χ3v) is 3.94. The zero-order valence-corrected chi connectivity index (χ0v) is 11.5. The standard InChI is InChI=1S/C11H12F3NO5S/c1-20-6-8(10(16)17)15-21(18,19)9-5-3-2-4-7(9)11(12,13)14/h2-5,8,15H,6H2,1H3,(H,16,17). The summed E-state index contributed by atoms with van der Waals surface area (Å²) in [6, 6.07) is 1.79. The number of carboxylic acid groups (broad SMARTS) is 1. The van der Waals surface area contributed by atoms with Gasteiger partial charge in [0, 0.05) is 7.11 Å². The summed E-state index contributed by atoms with van der Waals surface area (Å²) >= 11 is 0. The van der Waals surface area contributed by atoms with Crippen LogP contribution in [0.3, 0.4) is 0 Å². The first-order valence-electron chi connectivity index (χ1n) is 5.50. The van der Waals surface area contributed by atoms with Crippen molar-refractivity contribution in [2.24, 2.45) is 0 Å². The summed E-state index contributed by atoms with van der Waals surface area (Å²) in [6.45, 7) is -0.525. The molecule has 1 rings (SSSR count). The number of nitrogens with one attached hydrogen (secondary N) is 1. The Labute approximate surface area is 118 Å². The van der Waals surface area contributed by atoms with Gasteiger partial charge >= 0.3 is 12.1 Å². The smallest absolute Gasteiger partial charge is 0.417 e. The number of carbonyl (C=O) groups is 1. The van der Waals surface area contributed by atoms with Gasteiger partial charge in [-0.2, -0.15) is 17.9 Å². The van der Waals surface area contributed by atoms with Crippen molar-refractivity contribution < 1.29 is 36.2 Å². The Bertz CT molecular complexity index is 615. The molecule has 2 N–H and O–H groups in total. The van der Waals surface area contributed by atoms with E-state index in [4.69, 9.17) is 5.11 Å². The monoisotopic (exact) mass is 327 g/mol. The Hall–Kier alpha value is -1.65. The molecule has 1 aromatic carbocycles. The van der Waals surface area contributed by atoms with E-state index in [0.29, 0.717) is 6.07 Å². The van der Waals surface area contributed by atoms with Gasteiger partial charge in [0.25, 0.3) is 0 Å². The molecule has 0 amide bonds. The van der Waals surface area contributed by atoms with E-state index < -0.39 is 45.3 Å². The number of hydrogen-bond donors (Lipinski definition) is 2. The van der Waals surface area contributed by atoms with E-state index >= 15 is 0 Å². The van der Waals surface area contributed by atoms with Gasteiger partial charge in [-0.25, -0.2) is 8.42 Å². The van der Waals surface area contributed by atoms with Crippen molar-refractivity contribution in [1.82, 2.24) is 4.72 Å². The molecule has 0 fully saturated rings. The van der Waals surface area contributed by atoms with Crippen LogP contribution in [0.25, 0.3) is 0 Å². The van der Waals surface area contributed by atoms with Crippen molar-refractivity contribution in [2.75, 3.05) is 13.7 Å². The fourth-order valence-electron chi connectivity index (χ4n) is 1.51. The highest BCUT2D eigenvalue weighted by molar-refractivity contribution is 7.89. The largest absolute Gasteiger partial charge is 0.480 e. The molecule has 0 aliphatic carbocycles. The zero-order chi connectivity index (χ0) is 16.3. The molecule has 0 aliphatic rings. The molecule has 0 heterocycles. The second-order valence-corrected chi connectivity index (χ2v) is 5.64. The lowest BCUT2D eigenvalue weighted by atomic mass is 10.2. The molecule has 118 valence electrons. The van der Waals surface area contributed by atoms with E-state index in [-0.39, 0.29) is 0 Å². The molecule has 21 heavy (non-hydrogen) atoms. The van der Waals surface area contributed by atoms with Crippen molar-refractivity contribution >= 4 is 16.0 Å². The first-order chi connectivity index (χ1) is 9.59. The number of methoxy groups -OCH3 is 1. The number of rotatable bonds is 6. The maximum absolute atomic E-state index is 12.8. The highest BCUT2D eigenvalue weighted by Crippen LogP contribution is 2.33. The van der Waals surface area contributed by atoms with E-state index in [0.717, 1.165) is 25.3 Å². The lowest BCUT2D eigenvalue weighted by Gasteiger charge is -2.17. The molecule has 10 heteroatoms. The van der Waals surface area contributed by atoms with E-state index in [1.807, 2.05) is 0 Å². The Morgan fingerprint density at radius 3 is 2.43 bits per heavy atom. The SMILES string of the molecule is COCC(NS(=O)(=O)c1ccccc1C(F)(F)F)C(=O)O. The molecular formula is C11H12F3NO5S. The molecule has 1 unspecified atom stereocenters. The number of sulfonamides is 1. The van der Waals surface area contributed by atoms with Gasteiger partial charge in [-0.05, 0) is 12.1 Å². The minimum absolute atomic E-state index is 0.525. The number of ether oxygens (including phenoxy) is 1. The van der Waals surface area contributed by atoms with E-state index in [1.54, 1.807) is 4.72 Å². The predicted octanol–water partition coefficient (Wildman–Crippen LogP) is 1.08. The van der Waals surface area contributed by atoms with Crippen molar-refractivity contribution in [2.45, 2.75) is 17.1 Å². The fourth-order valence-corrected chi connectivity index (χ4v) is 2.91. The number of aliphatic carboxylic acids is 1. The van der Waals surface area contributed by atoms with Crippen LogP contribution in [-0.2, 0) is 25.7 Å². The highest BCUT2D eigenvalue weighted by atomic mass is 32.2. The van der Waals surface area contributed by atoms with Gasteiger partial charge in [-0.1, -0.05) is 12.1 Å². The van der Waals surface area contributed by atoms with Crippen LogP contribution < -0.4 is 4.72 Å². The molecule has 1 aromatic rings. The van der Waals surface area contributed by atoms with Gasteiger partial charge in [0.2, 0.25) is 10.0 Å².